The first-order chi connectivity index (χ1) is 15.6. The zero-order valence-electron chi connectivity index (χ0n) is 18.1. The van der Waals surface area contributed by atoms with Gasteiger partial charge < -0.3 is 15.5 Å². The van der Waals surface area contributed by atoms with Crippen LogP contribution in [0.1, 0.15) is 52.2 Å². The van der Waals surface area contributed by atoms with E-state index in [4.69, 9.17) is 20.1 Å². The molecular formula is C26H26N4O2. The van der Waals surface area contributed by atoms with Gasteiger partial charge in [0.25, 0.3) is 5.91 Å². The lowest BCUT2D eigenvalue weighted by Gasteiger charge is -2.15. The summed E-state index contributed by atoms with van der Waals surface area (Å²) in [6.07, 6.45) is 5.37. The van der Waals surface area contributed by atoms with Crippen molar-refractivity contribution in [3.05, 3.63) is 76.7 Å². The molecule has 1 aliphatic rings. The van der Waals surface area contributed by atoms with Crippen molar-refractivity contribution in [3.63, 3.8) is 0 Å². The molecule has 162 valence electrons. The number of furan rings is 1. The third kappa shape index (κ3) is 3.73. The van der Waals surface area contributed by atoms with Gasteiger partial charge in [-0.05, 0) is 44.2 Å². The number of anilines is 1. The van der Waals surface area contributed by atoms with Crippen molar-refractivity contribution in [1.82, 2.24) is 9.97 Å². The van der Waals surface area contributed by atoms with Crippen LogP contribution in [-0.4, -0.2) is 15.9 Å². The fourth-order valence-electron chi connectivity index (χ4n) is 4.52. The van der Waals surface area contributed by atoms with Crippen molar-refractivity contribution < 1.29 is 9.21 Å². The van der Waals surface area contributed by atoms with E-state index in [1.807, 2.05) is 37.3 Å². The van der Waals surface area contributed by atoms with Crippen LogP contribution in [-0.2, 0) is 19.4 Å². The first kappa shape index (κ1) is 20.2. The molecule has 2 aromatic carbocycles. The number of aromatic nitrogens is 2. The number of hydrogen-bond donors (Lipinski definition) is 2. The molecule has 0 aliphatic heterocycles. The van der Waals surface area contributed by atoms with E-state index in [0.717, 1.165) is 48.1 Å². The van der Waals surface area contributed by atoms with Crippen molar-refractivity contribution in [2.75, 3.05) is 5.32 Å². The second kappa shape index (κ2) is 8.46. The summed E-state index contributed by atoms with van der Waals surface area (Å²) < 4.78 is 5.98. The fraction of sp³-hybridized carbons (Fsp3) is 0.269. The first-order valence-corrected chi connectivity index (χ1v) is 11.1. The Kier molecular flexibility index (Phi) is 5.35. The van der Waals surface area contributed by atoms with E-state index >= 15 is 0 Å². The summed E-state index contributed by atoms with van der Waals surface area (Å²) in [5.41, 5.74) is 10.8. The molecule has 3 N–H and O–H groups in total. The van der Waals surface area contributed by atoms with Gasteiger partial charge in [-0.25, -0.2) is 9.97 Å². The highest BCUT2D eigenvalue weighted by molar-refractivity contribution is 6.07. The Morgan fingerprint density at radius 3 is 2.66 bits per heavy atom. The van der Waals surface area contributed by atoms with Crippen LogP contribution in [0, 0.1) is 6.92 Å². The summed E-state index contributed by atoms with van der Waals surface area (Å²) >= 11 is 0. The number of nitrogens with zero attached hydrogens (tertiary/aromatic N) is 2. The Morgan fingerprint density at radius 2 is 1.84 bits per heavy atom. The fourth-order valence-corrected chi connectivity index (χ4v) is 4.52. The summed E-state index contributed by atoms with van der Waals surface area (Å²) in [5.74, 6) is 1.68. The summed E-state index contributed by atoms with van der Waals surface area (Å²) in [6.45, 7) is 2.58. The van der Waals surface area contributed by atoms with Crippen LogP contribution in [0.3, 0.4) is 0 Å². The van der Waals surface area contributed by atoms with Crippen LogP contribution in [0.25, 0.3) is 22.4 Å². The van der Waals surface area contributed by atoms with Gasteiger partial charge in [-0.15, -0.1) is 0 Å². The molecule has 32 heavy (non-hydrogen) atoms. The van der Waals surface area contributed by atoms with E-state index in [1.54, 1.807) is 6.07 Å². The number of para-hydroxylation sites is 1. The van der Waals surface area contributed by atoms with Crippen molar-refractivity contribution in [3.8, 4) is 11.4 Å². The predicted molar refractivity (Wildman–Crippen MR) is 126 cm³/mol. The third-order valence-electron chi connectivity index (χ3n) is 6.12. The minimum Gasteiger partial charge on any atom is -0.460 e. The summed E-state index contributed by atoms with van der Waals surface area (Å²) in [6, 6.07) is 15.7. The van der Waals surface area contributed by atoms with E-state index < -0.39 is 5.91 Å². The molecule has 0 bridgehead atoms. The molecule has 1 aliphatic carbocycles. The number of carbonyl (C=O) groups is 1. The number of nitrogens with one attached hydrogen (secondary N) is 1. The number of fused-ring (bicyclic) bond motifs is 2. The van der Waals surface area contributed by atoms with Gasteiger partial charge in [-0.1, -0.05) is 48.9 Å². The van der Waals surface area contributed by atoms with Gasteiger partial charge in [0, 0.05) is 23.2 Å². The van der Waals surface area contributed by atoms with E-state index in [0.29, 0.717) is 29.3 Å². The van der Waals surface area contributed by atoms with Crippen molar-refractivity contribution in [1.29, 1.82) is 0 Å². The number of amides is 1. The maximum atomic E-state index is 11.9. The van der Waals surface area contributed by atoms with E-state index in [-0.39, 0.29) is 0 Å². The Bertz CT molecular complexity index is 1290. The summed E-state index contributed by atoms with van der Waals surface area (Å²) in [4.78, 5) is 21.9. The van der Waals surface area contributed by atoms with Crippen LogP contribution in [0.5, 0.6) is 0 Å². The largest absolute Gasteiger partial charge is 0.460 e. The standard InChI is InChI=1S/C26H26N4O2/c1-16-22(19-12-8-13-20(24(27)31)23(19)32-16)26-29-21-14-7-3-6-11-18(21)25(30-26)28-15-17-9-4-2-5-10-17/h2,4-5,8-10,12-13H,3,6-7,11,14-15H2,1H3,(H2,27,31)(H,28,29,30). The van der Waals surface area contributed by atoms with Crippen LogP contribution in [0.2, 0.25) is 0 Å². The zero-order chi connectivity index (χ0) is 22.1. The van der Waals surface area contributed by atoms with Crippen LogP contribution in [0.4, 0.5) is 5.82 Å². The lowest BCUT2D eigenvalue weighted by atomic mass is 10.0. The molecule has 6 heteroatoms. The molecule has 0 unspecified atom stereocenters. The van der Waals surface area contributed by atoms with Gasteiger partial charge in [0.05, 0.1) is 11.1 Å². The minimum absolute atomic E-state index is 0.369. The van der Waals surface area contributed by atoms with Gasteiger partial charge in [0.1, 0.15) is 17.2 Å². The number of carbonyl (C=O) groups excluding carboxylic acids is 1. The number of benzene rings is 2. The van der Waals surface area contributed by atoms with Gasteiger partial charge in [-0.3, -0.25) is 4.79 Å². The highest BCUT2D eigenvalue weighted by Gasteiger charge is 2.23. The molecule has 0 spiro atoms. The van der Waals surface area contributed by atoms with Crippen LogP contribution >= 0.6 is 0 Å². The monoisotopic (exact) mass is 426 g/mol. The predicted octanol–water partition coefficient (Wildman–Crippen LogP) is 5.18. The number of rotatable bonds is 5. The molecule has 4 aromatic rings. The molecule has 6 nitrogen and oxygen atoms in total. The van der Waals surface area contributed by atoms with Crippen molar-refractivity contribution >= 4 is 22.7 Å². The van der Waals surface area contributed by atoms with E-state index in [1.165, 1.54) is 17.5 Å². The minimum atomic E-state index is -0.510. The SMILES string of the molecule is Cc1oc2c(C(N)=O)cccc2c1-c1nc2c(c(NCc3ccccc3)n1)CCCCC2. The molecule has 0 saturated carbocycles. The lowest BCUT2D eigenvalue weighted by Crippen LogP contribution is -2.11. The van der Waals surface area contributed by atoms with Crippen LogP contribution < -0.4 is 11.1 Å². The van der Waals surface area contributed by atoms with Gasteiger partial charge in [0.15, 0.2) is 5.82 Å². The average Bonchev–Trinajstić information content (AvgIpc) is 2.96. The summed E-state index contributed by atoms with van der Waals surface area (Å²) in [5, 5.41) is 4.37. The number of aryl methyl sites for hydroxylation is 2. The zero-order valence-corrected chi connectivity index (χ0v) is 18.1. The van der Waals surface area contributed by atoms with Gasteiger partial charge >= 0.3 is 0 Å². The van der Waals surface area contributed by atoms with Crippen molar-refractivity contribution in [2.45, 2.75) is 45.6 Å². The van der Waals surface area contributed by atoms with E-state index in [9.17, 15) is 4.79 Å². The lowest BCUT2D eigenvalue weighted by molar-refractivity contribution is 0.100. The average molecular weight is 427 g/mol. The molecule has 1 amide bonds. The number of hydrogen-bond acceptors (Lipinski definition) is 5. The summed E-state index contributed by atoms with van der Waals surface area (Å²) in [7, 11) is 0. The van der Waals surface area contributed by atoms with E-state index in [2.05, 4.69) is 17.4 Å². The Balaban J connectivity index is 1.63. The Hall–Kier alpha value is -3.67. The molecule has 2 aromatic heterocycles. The highest BCUT2D eigenvalue weighted by Crippen LogP contribution is 2.36. The second-order valence-corrected chi connectivity index (χ2v) is 8.30. The number of primary amides is 1. The molecule has 5 rings (SSSR count). The smallest absolute Gasteiger partial charge is 0.252 e. The van der Waals surface area contributed by atoms with Gasteiger partial charge in [0.2, 0.25) is 0 Å². The van der Waals surface area contributed by atoms with Crippen molar-refractivity contribution in [2.24, 2.45) is 5.73 Å². The quantitative estimate of drug-likeness (QED) is 0.429. The molecular weight excluding hydrogens is 400 g/mol. The first-order valence-electron chi connectivity index (χ1n) is 11.1. The third-order valence-corrected chi connectivity index (χ3v) is 6.12. The van der Waals surface area contributed by atoms with Crippen LogP contribution in [0.15, 0.2) is 52.9 Å². The normalized spacial score (nSPS) is 13.5. The Morgan fingerprint density at radius 1 is 1.03 bits per heavy atom. The highest BCUT2D eigenvalue weighted by atomic mass is 16.3. The molecule has 0 atom stereocenters. The molecule has 0 saturated heterocycles. The number of nitrogens with two attached hydrogens (primary N) is 1. The molecule has 0 radical (unpaired) electrons. The second-order valence-electron chi connectivity index (χ2n) is 8.30. The Labute approximate surface area is 186 Å². The molecule has 0 fully saturated rings. The van der Waals surface area contributed by atoms with Gasteiger partial charge in [-0.2, -0.15) is 0 Å². The maximum Gasteiger partial charge on any atom is 0.252 e. The topological polar surface area (TPSA) is 94.0 Å². The molecule has 2 heterocycles. The maximum absolute atomic E-state index is 11.9.